The first-order valence-corrected chi connectivity index (χ1v) is 5.97. The SMILES string of the molecule is NCCCCC(NC(=O)CCCO[N+](=O)[O-])C(=O)O. The van der Waals surface area contributed by atoms with Crippen molar-refractivity contribution in [3.05, 3.63) is 10.1 Å². The average Bonchev–Trinajstić information content (AvgIpc) is 2.33. The lowest BCUT2D eigenvalue weighted by Crippen LogP contribution is -2.40. The Hall–Kier alpha value is -1.90. The lowest BCUT2D eigenvalue weighted by molar-refractivity contribution is -0.757. The van der Waals surface area contributed by atoms with Gasteiger partial charge in [0, 0.05) is 6.42 Å². The summed E-state index contributed by atoms with van der Waals surface area (Å²) in [7, 11) is 0. The van der Waals surface area contributed by atoms with E-state index in [4.69, 9.17) is 10.8 Å². The smallest absolute Gasteiger partial charge is 0.326 e. The fourth-order valence-corrected chi connectivity index (χ4v) is 1.39. The molecule has 1 atom stereocenters. The summed E-state index contributed by atoms with van der Waals surface area (Å²) in [5.41, 5.74) is 5.29. The number of carbonyl (C=O) groups excluding carboxylic acids is 1. The Morgan fingerprint density at radius 2 is 2.05 bits per heavy atom. The first kappa shape index (κ1) is 17.1. The van der Waals surface area contributed by atoms with Gasteiger partial charge in [-0.05, 0) is 32.2 Å². The summed E-state index contributed by atoms with van der Waals surface area (Å²) in [6.45, 7) is 0.282. The summed E-state index contributed by atoms with van der Waals surface area (Å²) in [5, 5.41) is 20.2. The van der Waals surface area contributed by atoms with Gasteiger partial charge in [0.25, 0.3) is 5.09 Å². The summed E-state index contributed by atoms with van der Waals surface area (Å²) in [6.07, 6.45) is 1.74. The Balaban J connectivity index is 3.89. The van der Waals surface area contributed by atoms with E-state index in [0.29, 0.717) is 25.8 Å². The van der Waals surface area contributed by atoms with E-state index in [-0.39, 0.29) is 19.4 Å². The minimum atomic E-state index is -1.10. The molecule has 1 unspecified atom stereocenters. The van der Waals surface area contributed by atoms with Crippen LogP contribution < -0.4 is 11.1 Å². The van der Waals surface area contributed by atoms with Crippen molar-refractivity contribution in [1.29, 1.82) is 0 Å². The first-order chi connectivity index (χ1) is 8.97. The molecule has 0 aliphatic rings. The second-order valence-electron chi connectivity index (χ2n) is 3.90. The number of carboxylic acids is 1. The van der Waals surface area contributed by atoms with Crippen molar-refractivity contribution in [3.8, 4) is 0 Å². The quantitative estimate of drug-likeness (QED) is 0.266. The summed E-state index contributed by atoms with van der Waals surface area (Å²) in [5.74, 6) is -1.57. The lowest BCUT2D eigenvalue weighted by Gasteiger charge is -2.14. The van der Waals surface area contributed by atoms with Crippen LogP contribution in [0.15, 0.2) is 0 Å². The molecule has 0 aromatic heterocycles. The third-order valence-electron chi connectivity index (χ3n) is 2.33. The fourth-order valence-electron chi connectivity index (χ4n) is 1.39. The van der Waals surface area contributed by atoms with Crippen LogP contribution in [0.25, 0.3) is 0 Å². The van der Waals surface area contributed by atoms with Gasteiger partial charge in [0.15, 0.2) is 0 Å². The molecule has 9 nitrogen and oxygen atoms in total. The zero-order valence-electron chi connectivity index (χ0n) is 10.5. The highest BCUT2D eigenvalue weighted by Crippen LogP contribution is 2.02. The molecule has 4 N–H and O–H groups in total. The van der Waals surface area contributed by atoms with E-state index in [1.54, 1.807) is 0 Å². The number of carboxylic acid groups (broad SMARTS) is 1. The molecule has 0 fully saturated rings. The van der Waals surface area contributed by atoms with Crippen LogP contribution in [0, 0.1) is 10.1 Å². The maximum atomic E-state index is 11.4. The predicted molar refractivity (Wildman–Crippen MR) is 64.7 cm³/mol. The number of hydrogen-bond donors (Lipinski definition) is 3. The van der Waals surface area contributed by atoms with Gasteiger partial charge in [-0.15, -0.1) is 10.1 Å². The number of hydrogen-bond acceptors (Lipinski definition) is 6. The fraction of sp³-hybridized carbons (Fsp3) is 0.800. The Labute approximate surface area is 110 Å². The standard InChI is InChI=1S/C10H19N3O6/c11-6-2-1-4-8(10(15)16)12-9(14)5-3-7-19-13(17)18/h8H,1-7,11H2,(H,12,14)(H,15,16). The van der Waals surface area contributed by atoms with Gasteiger partial charge in [0.2, 0.25) is 5.91 Å². The van der Waals surface area contributed by atoms with Crippen molar-refractivity contribution in [1.82, 2.24) is 5.32 Å². The van der Waals surface area contributed by atoms with Crippen LogP contribution in [-0.4, -0.2) is 41.3 Å². The maximum Gasteiger partial charge on any atom is 0.326 e. The molecule has 9 heteroatoms. The number of nitrogens with one attached hydrogen (secondary N) is 1. The zero-order chi connectivity index (χ0) is 14.7. The lowest BCUT2D eigenvalue weighted by atomic mass is 10.1. The van der Waals surface area contributed by atoms with E-state index in [2.05, 4.69) is 10.2 Å². The Bertz CT molecular complexity index is 310. The van der Waals surface area contributed by atoms with Crippen LogP contribution in [0.1, 0.15) is 32.1 Å². The number of nitrogens with two attached hydrogens (primary N) is 1. The number of aliphatic carboxylic acids is 1. The van der Waals surface area contributed by atoms with Gasteiger partial charge >= 0.3 is 5.97 Å². The van der Waals surface area contributed by atoms with E-state index in [0.717, 1.165) is 0 Å². The average molecular weight is 277 g/mol. The highest BCUT2D eigenvalue weighted by atomic mass is 16.9. The highest BCUT2D eigenvalue weighted by Gasteiger charge is 2.18. The molecule has 0 aliphatic carbocycles. The molecule has 0 saturated carbocycles. The van der Waals surface area contributed by atoms with Crippen LogP contribution in [-0.2, 0) is 14.4 Å². The number of nitrogens with zero attached hydrogens (tertiary/aromatic N) is 1. The molecule has 110 valence electrons. The third-order valence-corrected chi connectivity index (χ3v) is 2.33. The van der Waals surface area contributed by atoms with Crippen LogP contribution in [0.3, 0.4) is 0 Å². The van der Waals surface area contributed by atoms with Gasteiger partial charge in [-0.1, -0.05) is 0 Å². The van der Waals surface area contributed by atoms with Gasteiger partial charge in [0.05, 0.1) is 6.61 Å². The molecular weight excluding hydrogens is 258 g/mol. The first-order valence-electron chi connectivity index (χ1n) is 5.97. The molecular formula is C10H19N3O6. The molecule has 0 radical (unpaired) electrons. The Morgan fingerprint density at radius 1 is 1.37 bits per heavy atom. The van der Waals surface area contributed by atoms with Crippen molar-refractivity contribution >= 4 is 11.9 Å². The molecule has 0 spiro atoms. The molecule has 0 aromatic rings. The topological polar surface area (TPSA) is 145 Å². The van der Waals surface area contributed by atoms with E-state index in [1.807, 2.05) is 0 Å². The minimum absolute atomic E-state index is 0.0193. The maximum absolute atomic E-state index is 11.4. The molecule has 1 amide bonds. The van der Waals surface area contributed by atoms with E-state index < -0.39 is 23.0 Å². The molecule has 0 bridgehead atoms. The van der Waals surface area contributed by atoms with Crippen LogP contribution in [0.2, 0.25) is 0 Å². The Morgan fingerprint density at radius 3 is 2.58 bits per heavy atom. The van der Waals surface area contributed by atoms with E-state index in [9.17, 15) is 19.7 Å². The van der Waals surface area contributed by atoms with Gasteiger partial charge in [0.1, 0.15) is 6.04 Å². The molecule has 0 aliphatic heterocycles. The normalized spacial score (nSPS) is 11.6. The van der Waals surface area contributed by atoms with E-state index in [1.165, 1.54) is 0 Å². The molecule has 0 aromatic carbocycles. The zero-order valence-corrected chi connectivity index (χ0v) is 10.5. The molecule has 0 rings (SSSR count). The molecule has 0 heterocycles. The summed E-state index contributed by atoms with van der Waals surface area (Å²) < 4.78 is 0. The van der Waals surface area contributed by atoms with Crippen LogP contribution in [0.5, 0.6) is 0 Å². The second kappa shape index (κ2) is 10.1. The molecule has 19 heavy (non-hydrogen) atoms. The Kier molecular flexibility index (Phi) is 9.06. The summed E-state index contributed by atoms with van der Waals surface area (Å²) >= 11 is 0. The monoisotopic (exact) mass is 277 g/mol. The van der Waals surface area contributed by atoms with Crippen molar-refractivity contribution in [2.24, 2.45) is 5.73 Å². The van der Waals surface area contributed by atoms with Crippen molar-refractivity contribution < 1.29 is 24.6 Å². The number of amides is 1. The number of rotatable bonds is 11. The summed E-state index contributed by atoms with van der Waals surface area (Å²) in [4.78, 5) is 36.2. The second-order valence-corrected chi connectivity index (χ2v) is 3.90. The number of carbonyl (C=O) groups is 2. The minimum Gasteiger partial charge on any atom is -0.480 e. The van der Waals surface area contributed by atoms with Gasteiger partial charge in [-0.3, -0.25) is 4.79 Å². The predicted octanol–water partition coefficient (Wildman–Crippen LogP) is -0.327. The van der Waals surface area contributed by atoms with E-state index >= 15 is 0 Å². The highest BCUT2D eigenvalue weighted by molar-refractivity contribution is 5.83. The van der Waals surface area contributed by atoms with Crippen molar-refractivity contribution in [2.75, 3.05) is 13.2 Å². The number of unbranched alkanes of at least 4 members (excludes halogenated alkanes) is 1. The van der Waals surface area contributed by atoms with Gasteiger partial charge in [-0.25, -0.2) is 4.79 Å². The van der Waals surface area contributed by atoms with Crippen molar-refractivity contribution in [2.45, 2.75) is 38.1 Å². The molecule has 0 saturated heterocycles. The largest absolute Gasteiger partial charge is 0.480 e. The van der Waals surface area contributed by atoms with Gasteiger partial charge in [-0.2, -0.15) is 0 Å². The van der Waals surface area contributed by atoms with Crippen molar-refractivity contribution in [3.63, 3.8) is 0 Å². The van der Waals surface area contributed by atoms with Crippen LogP contribution >= 0.6 is 0 Å². The van der Waals surface area contributed by atoms with Crippen LogP contribution in [0.4, 0.5) is 0 Å². The summed E-state index contributed by atoms with van der Waals surface area (Å²) in [6, 6.07) is -0.949. The van der Waals surface area contributed by atoms with Gasteiger partial charge < -0.3 is 21.0 Å². The third kappa shape index (κ3) is 9.77.